The van der Waals surface area contributed by atoms with Crippen LogP contribution in [0.2, 0.25) is 0 Å². The number of fused-ring (bicyclic) bond motifs is 1. The van der Waals surface area contributed by atoms with Crippen molar-refractivity contribution in [2.24, 2.45) is 0 Å². The molecule has 2 aromatic rings. The van der Waals surface area contributed by atoms with Crippen molar-refractivity contribution >= 4 is 36.3 Å². The average molecular weight is 527 g/mol. The largest absolute Gasteiger partial charge is 0.465 e. The summed E-state index contributed by atoms with van der Waals surface area (Å²) in [5, 5.41) is 9.05. The Labute approximate surface area is 212 Å². The maximum atomic E-state index is 13.7. The molecule has 0 saturated carbocycles. The molecule has 13 nitrogen and oxygen atoms in total. The van der Waals surface area contributed by atoms with E-state index in [-0.39, 0.29) is 37.7 Å². The van der Waals surface area contributed by atoms with Gasteiger partial charge in [0.1, 0.15) is 12.4 Å². The highest BCUT2D eigenvalue weighted by atomic mass is 31.2. The van der Waals surface area contributed by atoms with Crippen LogP contribution < -0.4 is 21.2 Å². The lowest BCUT2D eigenvalue weighted by Crippen LogP contribution is -2.43. The molecule has 0 aliphatic heterocycles. The molecule has 0 amide bonds. The summed E-state index contributed by atoms with van der Waals surface area (Å²) in [5.41, 5.74) is 6.98. The maximum absolute atomic E-state index is 13.7. The second-order valence-corrected chi connectivity index (χ2v) is 10.4. The zero-order valence-electron chi connectivity index (χ0n) is 21.7. The number of nitrogens with one attached hydrogen (secondary N) is 3. The molecule has 0 bridgehead atoms. The SMILES string of the molecule is C=CCNc1nc(N)nc2c1ncn2CCOCP(=O)(NC(C)C(=O)OCC)NC(C)C(C)OCC. The minimum Gasteiger partial charge on any atom is -0.465 e. The highest BCUT2D eigenvalue weighted by Crippen LogP contribution is 2.38. The number of carbonyl (C=O) groups is 1. The molecule has 0 aliphatic carbocycles. The van der Waals surface area contributed by atoms with Gasteiger partial charge in [-0.3, -0.25) is 9.36 Å². The summed E-state index contributed by atoms with van der Waals surface area (Å²) in [6.07, 6.45) is 2.96. The summed E-state index contributed by atoms with van der Waals surface area (Å²) in [6, 6.07) is -1.06. The number of imidazole rings is 1. The first-order chi connectivity index (χ1) is 17.1. The van der Waals surface area contributed by atoms with Crippen molar-refractivity contribution in [3.8, 4) is 0 Å². The van der Waals surface area contributed by atoms with Crippen LogP contribution in [0.1, 0.15) is 34.6 Å². The fraction of sp³-hybridized carbons (Fsp3) is 0.636. The Balaban J connectivity index is 2.08. The minimum atomic E-state index is -3.36. The minimum absolute atomic E-state index is 0.111. The number of anilines is 2. The second kappa shape index (κ2) is 14.2. The Hall–Kier alpha value is -2.57. The molecule has 0 fully saturated rings. The Bertz CT molecular complexity index is 1050. The van der Waals surface area contributed by atoms with Gasteiger partial charge in [0.15, 0.2) is 17.0 Å². The number of rotatable bonds is 17. The lowest BCUT2D eigenvalue weighted by atomic mass is 10.2. The van der Waals surface area contributed by atoms with Gasteiger partial charge in [0.2, 0.25) is 13.4 Å². The van der Waals surface area contributed by atoms with Crippen molar-refractivity contribution < 1.29 is 23.6 Å². The zero-order valence-corrected chi connectivity index (χ0v) is 22.6. The van der Waals surface area contributed by atoms with Crippen LogP contribution in [0.25, 0.3) is 11.2 Å². The first-order valence-electron chi connectivity index (χ1n) is 12.0. The Morgan fingerprint density at radius 2 is 2.00 bits per heavy atom. The summed E-state index contributed by atoms with van der Waals surface area (Å²) in [5.74, 6) is 0.133. The fourth-order valence-corrected chi connectivity index (χ4v) is 5.57. The van der Waals surface area contributed by atoms with Crippen molar-refractivity contribution in [2.75, 3.05) is 43.8 Å². The highest BCUT2D eigenvalue weighted by molar-refractivity contribution is 7.59. The van der Waals surface area contributed by atoms with E-state index in [0.29, 0.717) is 36.7 Å². The van der Waals surface area contributed by atoms with E-state index in [1.54, 1.807) is 30.8 Å². The van der Waals surface area contributed by atoms with E-state index in [0.717, 1.165) is 0 Å². The number of esters is 1. The van der Waals surface area contributed by atoms with Gasteiger partial charge in [-0.25, -0.2) is 15.2 Å². The van der Waals surface area contributed by atoms with Gasteiger partial charge in [-0.2, -0.15) is 9.97 Å². The predicted molar refractivity (Wildman–Crippen MR) is 140 cm³/mol. The molecular weight excluding hydrogens is 487 g/mol. The topological polar surface area (TPSA) is 168 Å². The smallest absolute Gasteiger partial charge is 0.323 e. The molecule has 2 heterocycles. The van der Waals surface area contributed by atoms with E-state index in [9.17, 15) is 9.36 Å². The summed E-state index contributed by atoms with van der Waals surface area (Å²) in [6.45, 7) is 14.5. The number of nitrogen functional groups attached to an aromatic ring is 1. The average Bonchev–Trinajstić information content (AvgIpc) is 3.23. The monoisotopic (exact) mass is 526 g/mol. The predicted octanol–water partition coefficient (Wildman–Crippen LogP) is 2.12. The van der Waals surface area contributed by atoms with E-state index in [2.05, 4.69) is 37.0 Å². The number of hydrogen-bond acceptors (Lipinski definition) is 10. The van der Waals surface area contributed by atoms with Gasteiger partial charge in [-0.05, 0) is 34.6 Å². The number of carbonyl (C=O) groups excluding carboxylic acids is 1. The molecule has 4 unspecified atom stereocenters. The number of nitrogens with two attached hydrogens (primary N) is 1. The van der Waals surface area contributed by atoms with Gasteiger partial charge in [0.05, 0.1) is 25.6 Å². The van der Waals surface area contributed by atoms with Crippen molar-refractivity contribution in [1.29, 1.82) is 0 Å². The molecule has 0 spiro atoms. The third kappa shape index (κ3) is 8.52. The van der Waals surface area contributed by atoms with Crippen molar-refractivity contribution in [2.45, 2.75) is 59.4 Å². The van der Waals surface area contributed by atoms with Gasteiger partial charge >= 0.3 is 5.97 Å². The van der Waals surface area contributed by atoms with Crippen LogP contribution in [0.3, 0.4) is 0 Å². The van der Waals surface area contributed by atoms with Gasteiger partial charge in [-0.15, -0.1) is 6.58 Å². The quantitative estimate of drug-likeness (QED) is 0.103. The molecule has 0 aliphatic rings. The lowest BCUT2D eigenvalue weighted by molar-refractivity contribution is -0.144. The Morgan fingerprint density at radius 1 is 1.25 bits per heavy atom. The molecule has 0 radical (unpaired) electrons. The molecular formula is C22H39N8O5P. The van der Waals surface area contributed by atoms with E-state index in [4.69, 9.17) is 19.9 Å². The zero-order chi connectivity index (χ0) is 26.7. The third-order valence-corrected chi connectivity index (χ3v) is 7.41. The molecule has 5 N–H and O–H groups in total. The molecule has 202 valence electrons. The molecule has 36 heavy (non-hydrogen) atoms. The molecule has 4 atom stereocenters. The highest BCUT2D eigenvalue weighted by Gasteiger charge is 2.31. The molecule has 14 heteroatoms. The Morgan fingerprint density at radius 3 is 2.67 bits per heavy atom. The summed E-state index contributed by atoms with van der Waals surface area (Å²) in [7, 11) is -3.36. The second-order valence-electron chi connectivity index (χ2n) is 8.17. The van der Waals surface area contributed by atoms with Gasteiger partial charge in [0.25, 0.3) is 0 Å². The molecule has 2 rings (SSSR count). The van der Waals surface area contributed by atoms with E-state index in [1.807, 2.05) is 20.8 Å². The van der Waals surface area contributed by atoms with Crippen LogP contribution in [-0.4, -0.2) is 76.4 Å². The van der Waals surface area contributed by atoms with Gasteiger partial charge < -0.3 is 29.8 Å². The van der Waals surface area contributed by atoms with Crippen LogP contribution in [0.5, 0.6) is 0 Å². The summed E-state index contributed by atoms with van der Waals surface area (Å²) in [4.78, 5) is 25.0. The van der Waals surface area contributed by atoms with Crippen LogP contribution in [0, 0.1) is 0 Å². The van der Waals surface area contributed by atoms with Crippen LogP contribution in [0.4, 0.5) is 11.8 Å². The molecule has 0 saturated heterocycles. The number of ether oxygens (including phenoxy) is 3. The lowest BCUT2D eigenvalue weighted by Gasteiger charge is -2.29. The number of aromatic nitrogens is 4. The number of nitrogens with zero attached hydrogens (tertiary/aromatic N) is 4. The van der Waals surface area contributed by atoms with E-state index < -0.39 is 19.5 Å². The normalized spacial score (nSPS) is 15.7. The van der Waals surface area contributed by atoms with Crippen LogP contribution >= 0.6 is 7.44 Å². The van der Waals surface area contributed by atoms with Crippen molar-refractivity contribution in [3.05, 3.63) is 19.0 Å². The third-order valence-electron chi connectivity index (χ3n) is 5.23. The first-order valence-corrected chi connectivity index (χ1v) is 13.9. The standard InChI is InChI=1S/C22H39N8O5P/c1-7-10-24-19-18-20(27-22(23)26-19)30(13-25-18)11-12-33-14-36(32,28-15(4)17(6)34-8-2)29-16(5)21(31)35-9-3/h7,13,15-17H,1,8-12,14H2,2-6H3,(H2,28,29,32)(H3,23,24,26,27). The van der Waals surface area contributed by atoms with E-state index >= 15 is 0 Å². The van der Waals surface area contributed by atoms with Crippen LogP contribution in [0.15, 0.2) is 19.0 Å². The summed E-state index contributed by atoms with van der Waals surface area (Å²) < 4.78 is 32.0. The van der Waals surface area contributed by atoms with Crippen LogP contribution in [-0.2, 0) is 30.1 Å². The molecule has 2 aromatic heterocycles. The van der Waals surface area contributed by atoms with Crippen molar-refractivity contribution in [3.63, 3.8) is 0 Å². The first kappa shape index (κ1) is 29.7. The Kier molecular flexibility index (Phi) is 11.7. The molecule has 0 aromatic carbocycles. The van der Waals surface area contributed by atoms with Gasteiger partial charge in [0, 0.05) is 25.7 Å². The summed E-state index contributed by atoms with van der Waals surface area (Å²) >= 11 is 0. The van der Waals surface area contributed by atoms with Crippen molar-refractivity contribution in [1.82, 2.24) is 29.7 Å². The van der Waals surface area contributed by atoms with E-state index in [1.165, 1.54) is 0 Å². The van der Waals surface area contributed by atoms with Gasteiger partial charge in [-0.1, -0.05) is 6.08 Å². The number of hydrogen-bond donors (Lipinski definition) is 4. The maximum Gasteiger partial charge on any atom is 0.323 e. The fourth-order valence-electron chi connectivity index (χ4n) is 3.36.